The minimum atomic E-state index is -0.503. The fourth-order valence-electron chi connectivity index (χ4n) is 2.80. The standard InChI is InChI=1S/C17H26N2O3/c1-11(2)14-8-13(12(3)7-15(14)21-4)9-19-5-6-22-16(10-19)17(18)20/h7-8,11,16H,5-6,9-10H2,1-4H3,(H2,18,20)/t16-/m1/s1. The van der Waals surface area contributed by atoms with Crippen molar-refractivity contribution in [2.45, 2.75) is 39.3 Å². The number of morpholine rings is 1. The molecule has 1 aromatic carbocycles. The maximum absolute atomic E-state index is 11.3. The van der Waals surface area contributed by atoms with E-state index in [0.717, 1.165) is 18.8 Å². The summed E-state index contributed by atoms with van der Waals surface area (Å²) in [6.45, 7) is 9.12. The molecule has 1 amide bonds. The van der Waals surface area contributed by atoms with E-state index in [0.29, 0.717) is 19.1 Å². The number of carbonyl (C=O) groups is 1. The van der Waals surface area contributed by atoms with Gasteiger partial charge in [-0.2, -0.15) is 0 Å². The molecule has 0 radical (unpaired) electrons. The molecule has 122 valence electrons. The molecular formula is C17H26N2O3. The number of aryl methyl sites for hydroxylation is 1. The third-order valence-corrected chi connectivity index (χ3v) is 4.17. The molecule has 22 heavy (non-hydrogen) atoms. The van der Waals surface area contributed by atoms with Gasteiger partial charge in [-0.3, -0.25) is 9.69 Å². The highest BCUT2D eigenvalue weighted by Gasteiger charge is 2.25. The van der Waals surface area contributed by atoms with Crippen molar-refractivity contribution >= 4 is 5.91 Å². The number of ether oxygens (including phenoxy) is 2. The molecule has 2 rings (SSSR count). The molecule has 1 heterocycles. The van der Waals surface area contributed by atoms with Crippen LogP contribution in [0.15, 0.2) is 12.1 Å². The zero-order valence-electron chi connectivity index (χ0n) is 13.9. The molecule has 5 nitrogen and oxygen atoms in total. The lowest BCUT2D eigenvalue weighted by atomic mass is 9.96. The highest BCUT2D eigenvalue weighted by Crippen LogP contribution is 2.30. The largest absolute Gasteiger partial charge is 0.496 e. The molecule has 1 aliphatic heterocycles. The Hall–Kier alpha value is -1.59. The Morgan fingerprint density at radius 3 is 2.82 bits per heavy atom. The summed E-state index contributed by atoms with van der Waals surface area (Å²) in [5.74, 6) is 0.949. The van der Waals surface area contributed by atoms with Gasteiger partial charge in [0.25, 0.3) is 0 Å². The highest BCUT2D eigenvalue weighted by molar-refractivity contribution is 5.79. The van der Waals surface area contributed by atoms with Crippen LogP contribution < -0.4 is 10.5 Å². The normalized spacial score (nSPS) is 19.4. The first-order valence-corrected chi connectivity index (χ1v) is 7.73. The van der Waals surface area contributed by atoms with Gasteiger partial charge in [0.2, 0.25) is 5.91 Å². The number of nitrogens with two attached hydrogens (primary N) is 1. The molecule has 0 unspecified atom stereocenters. The van der Waals surface area contributed by atoms with Crippen LogP contribution in [-0.4, -0.2) is 43.7 Å². The van der Waals surface area contributed by atoms with Gasteiger partial charge in [-0.15, -0.1) is 0 Å². The van der Waals surface area contributed by atoms with Crippen molar-refractivity contribution in [3.63, 3.8) is 0 Å². The minimum Gasteiger partial charge on any atom is -0.496 e. The second-order valence-corrected chi connectivity index (χ2v) is 6.17. The van der Waals surface area contributed by atoms with E-state index in [-0.39, 0.29) is 5.91 Å². The van der Waals surface area contributed by atoms with E-state index < -0.39 is 6.10 Å². The van der Waals surface area contributed by atoms with Gasteiger partial charge in [0, 0.05) is 19.6 Å². The fraction of sp³-hybridized carbons (Fsp3) is 0.588. The van der Waals surface area contributed by atoms with Gasteiger partial charge in [0.1, 0.15) is 11.9 Å². The molecule has 1 atom stereocenters. The summed E-state index contributed by atoms with van der Waals surface area (Å²) in [6, 6.07) is 4.31. The molecule has 1 saturated heterocycles. The molecule has 0 bridgehead atoms. The summed E-state index contributed by atoms with van der Waals surface area (Å²) in [6.07, 6.45) is -0.503. The molecule has 1 aliphatic rings. The Bertz CT molecular complexity index is 543. The summed E-state index contributed by atoms with van der Waals surface area (Å²) >= 11 is 0. The van der Waals surface area contributed by atoms with Crippen molar-refractivity contribution in [2.24, 2.45) is 5.73 Å². The average molecular weight is 306 g/mol. The first kappa shape index (κ1) is 16.8. The topological polar surface area (TPSA) is 64.8 Å². The smallest absolute Gasteiger partial charge is 0.247 e. The number of hydrogen-bond donors (Lipinski definition) is 1. The van der Waals surface area contributed by atoms with Crippen molar-refractivity contribution in [3.05, 3.63) is 28.8 Å². The van der Waals surface area contributed by atoms with Crippen LogP contribution >= 0.6 is 0 Å². The van der Waals surface area contributed by atoms with Gasteiger partial charge in [0.05, 0.1) is 13.7 Å². The third-order valence-electron chi connectivity index (χ3n) is 4.17. The second kappa shape index (κ2) is 7.11. The van der Waals surface area contributed by atoms with E-state index in [1.807, 2.05) is 0 Å². The van der Waals surface area contributed by atoms with Crippen molar-refractivity contribution in [1.82, 2.24) is 4.90 Å². The van der Waals surface area contributed by atoms with Crippen LogP contribution in [-0.2, 0) is 16.1 Å². The lowest BCUT2D eigenvalue weighted by molar-refractivity contribution is -0.135. The zero-order valence-corrected chi connectivity index (χ0v) is 13.9. The van der Waals surface area contributed by atoms with Crippen molar-refractivity contribution in [1.29, 1.82) is 0 Å². The summed E-state index contributed by atoms with van der Waals surface area (Å²) in [7, 11) is 1.71. The Kier molecular flexibility index (Phi) is 5.42. The average Bonchev–Trinajstić information content (AvgIpc) is 2.48. The molecular weight excluding hydrogens is 280 g/mol. The predicted octanol–water partition coefficient (Wildman–Crippen LogP) is 1.81. The van der Waals surface area contributed by atoms with E-state index in [9.17, 15) is 4.79 Å². The Balaban J connectivity index is 2.18. The zero-order chi connectivity index (χ0) is 16.3. The Morgan fingerprint density at radius 2 is 2.23 bits per heavy atom. The number of hydrogen-bond acceptors (Lipinski definition) is 4. The number of primary amides is 1. The molecule has 0 aromatic heterocycles. The van der Waals surface area contributed by atoms with E-state index in [2.05, 4.69) is 37.8 Å². The van der Waals surface area contributed by atoms with E-state index >= 15 is 0 Å². The molecule has 5 heteroatoms. The maximum Gasteiger partial charge on any atom is 0.247 e. The second-order valence-electron chi connectivity index (χ2n) is 6.17. The van der Waals surface area contributed by atoms with Crippen LogP contribution in [0.1, 0.15) is 36.5 Å². The fourth-order valence-corrected chi connectivity index (χ4v) is 2.80. The van der Waals surface area contributed by atoms with Crippen molar-refractivity contribution < 1.29 is 14.3 Å². The number of nitrogens with zero attached hydrogens (tertiary/aromatic N) is 1. The molecule has 0 aliphatic carbocycles. The SMILES string of the molecule is COc1cc(C)c(CN2CCO[C@@H](C(N)=O)C2)cc1C(C)C. The lowest BCUT2D eigenvalue weighted by Gasteiger charge is -2.32. The van der Waals surface area contributed by atoms with Gasteiger partial charge in [-0.05, 0) is 35.6 Å². The number of methoxy groups -OCH3 is 1. The predicted molar refractivity (Wildman–Crippen MR) is 86.0 cm³/mol. The van der Waals surface area contributed by atoms with Crippen LogP contribution in [0.25, 0.3) is 0 Å². The summed E-state index contributed by atoms with van der Waals surface area (Å²) < 4.78 is 10.9. The van der Waals surface area contributed by atoms with E-state index in [4.69, 9.17) is 15.2 Å². The molecule has 0 spiro atoms. The quantitative estimate of drug-likeness (QED) is 0.901. The maximum atomic E-state index is 11.3. The summed E-state index contributed by atoms with van der Waals surface area (Å²) in [5.41, 5.74) is 9.01. The summed E-state index contributed by atoms with van der Waals surface area (Å²) in [4.78, 5) is 13.5. The number of carbonyl (C=O) groups excluding carboxylic acids is 1. The van der Waals surface area contributed by atoms with E-state index in [1.165, 1.54) is 16.7 Å². The van der Waals surface area contributed by atoms with Gasteiger partial charge in [0.15, 0.2) is 0 Å². The monoisotopic (exact) mass is 306 g/mol. The third kappa shape index (κ3) is 3.78. The van der Waals surface area contributed by atoms with Gasteiger partial charge < -0.3 is 15.2 Å². The van der Waals surface area contributed by atoms with Gasteiger partial charge in [-0.1, -0.05) is 19.9 Å². The first-order chi connectivity index (χ1) is 10.4. The van der Waals surface area contributed by atoms with Crippen molar-refractivity contribution in [2.75, 3.05) is 26.8 Å². The molecule has 1 aromatic rings. The van der Waals surface area contributed by atoms with Crippen LogP contribution in [0.2, 0.25) is 0 Å². The van der Waals surface area contributed by atoms with Crippen LogP contribution in [0, 0.1) is 6.92 Å². The minimum absolute atomic E-state index is 0.390. The van der Waals surface area contributed by atoms with Crippen LogP contribution in [0.3, 0.4) is 0 Å². The Labute approximate surface area is 132 Å². The number of benzene rings is 1. The number of rotatable bonds is 5. The number of amides is 1. The Morgan fingerprint density at radius 1 is 1.50 bits per heavy atom. The highest BCUT2D eigenvalue weighted by atomic mass is 16.5. The van der Waals surface area contributed by atoms with Crippen molar-refractivity contribution in [3.8, 4) is 5.75 Å². The molecule has 1 fully saturated rings. The molecule has 0 saturated carbocycles. The molecule has 2 N–H and O–H groups in total. The lowest BCUT2D eigenvalue weighted by Crippen LogP contribution is -2.48. The van der Waals surface area contributed by atoms with Gasteiger partial charge >= 0.3 is 0 Å². The van der Waals surface area contributed by atoms with E-state index in [1.54, 1.807) is 7.11 Å². The van der Waals surface area contributed by atoms with Gasteiger partial charge in [-0.25, -0.2) is 0 Å². The summed E-state index contributed by atoms with van der Waals surface area (Å²) in [5, 5.41) is 0. The van der Waals surface area contributed by atoms with Crippen LogP contribution in [0.5, 0.6) is 5.75 Å². The first-order valence-electron chi connectivity index (χ1n) is 7.73. The van der Waals surface area contributed by atoms with Crippen LogP contribution in [0.4, 0.5) is 0 Å².